The third kappa shape index (κ3) is 4.27. The van der Waals surface area contributed by atoms with Gasteiger partial charge >= 0.3 is 0 Å². The molecule has 112 valence electrons. The topological polar surface area (TPSA) is 37.4 Å². The maximum Gasteiger partial charge on any atom is 0.246 e. The van der Waals surface area contributed by atoms with E-state index < -0.39 is 0 Å². The van der Waals surface area contributed by atoms with E-state index in [0.717, 1.165) is 30.3 Å². The number of nitrogens with zero attached hydrogens (tertiary/aromatic N) is 1. The highest BCUT2D eigenvalue weighted by Crippen LogP contribution is 2.19. The van der Waals surface area contributed by atoms with Gasteiger partial charge in [0.1, 0.15) is 0 Å². The van der Waals surface area contributed by atoms with Crippen molar-refractivity contribution >= 4 is 27.6 Å². The van der Waals surface area contributed by atoms with Crippen LogP contribution in [0.1, 0.15) is 43.0 Å². The fourth-order valence-corrected chi connectivity index (χ4v) is 2.93. The molecule has 0 bridgehead atoms. The third-order valence-corrected chi connectivity index (χ3v) is 4.42. The molecule has 0 N–H and O–H groups in total. The summed E-state index contributed by atoms with van der Waals surface area (Å²) < 4.78 is 0.929. The van der Waals surface area contributed by atoms with Crippen LogP contribution in [0.15, 0.2) is 40.9 Å². The van der Waals surface area contributed by atoms with Crippen molar-refractivity contribution < 1.29 is 9.59 Å². The summed E-state index contributed by atoms with van der Waals surface area (Å²) in [4.78, 5) is 26.2. The lowest BCUT2D eigenvalue weighted by Gasteiger charge is -2.34. The smallest absolute Gasteiger partial charge is 0.246 e. The van der Waals surface area contributed by atoms with Crippen molar-refractivity contribution in [2.45, 2.75) is 38.6 Å². The molecule has 1 aliphatic heterocycles. The highest BCUT2D eigenvalue weighted by molar-refractivity contribution is 9.10. The van der Waals surface area contributed by atoms with Gasteiger partial charge in [-0.3, -0.25) is 9.59 Å². The summed E-state index contributed by atoms with van der Waals surface area (Å²) in [5.41, 5.74) is 0.591. The second-order valence-corrected chi connectivity index (χ2v) is 6.21. The predicted octanol–water partition coefficient (Wildman–Crippen LogP) is 3.98. The summed E-state index contributed by atoms with van der Waals surface area (Å²) in [5, 5.41) is 0. The molecule has 1 fully saturated rings. The van der Waals surface area contributed by atoms with Crippen molar-refractivity contribution in [3.8, 4) is 0 Å². The van der Waals surface area contributed by atoms with E-state index in [1.54, 1.807) is 12.1 Å². The van der Waals surface area contributed by atoms with Crippen LogP contribution in [0.25, 0.3) is 0 Å². The lowest BCUT2D eigenvalue weighted by atomic mass is 10.00. The predicted molar refractivity (Wildman–Crippen MR) is 87.3 cm³/mol. The Morgan fingerprint density at radius 1 is 1.24 bits per heavy atom. The summed E-state index contributed by atoms with van der Waals surface area (Å²) in [6.07, 6.45) is 7.07. The number of likely N-dealkylation sites (tertiary alicyclic amines) is 1. The molecule has 1 aromatic rings. The standard InChI is InChI=1S/C17H20BrNO2/c1-2-15-5-3-4-12-19(15)17(21)11-10-16(20)13-6-8-14(18)9-7-13/h6-11,15H,2-5,12H2,1H3/b11-10+. The Hall–Kier alpha value is -1.42. The number of hydrogen-bond donors (Lipinski definition) is 0. The minimum absolute atomic E-state index is 0.0491. The van der Waals surface area contributed by atoms with Crippen LogP contribution >= 0.6 is 15.9 Å². The van der Waals surface area contributed by atoms with Crippen LogP contribution in [0.3, 0.4) is 0 Å². The highest BCUT2D eigenvalue weighted by atomic mass is 79.9. The van der Waals surface area contributed by atoms with E-state index in [-0.39, 0.29) is 11.7 Å². The van der Waals surface area contributed by atoms with Gasteiger partial charge in [0.25, 0.3) is 0 Å². The Balaban J connectivity index is 2.00. The van der Waals surface area contributed by atoms with E-state index >= 15 is 0 Å². The zero-order valence-corrected chi connectivity index (χ0v) is 13.8. The molecule has 1 atom stereocenters. The molecule has 0 spiro atoms. The Kier molecular flexibility index (Phi) is 5.74. The highest BCUT2D eigenvalue weighted by Gasteiger charge is 2.23. The molecule has 2 rings (SSSR count). The minimum atomic E-state index is -0.138. The number of amides is 1. The van der Waals surface area contributed by atoms with Gasteiger partial charge in [0.15, 0.2) is 5.78 Å². The number of hydrogen-bond acceptors (Lipinski definition) is 2. The molecule has 1 amide bonds. The Bertz CT molecular complexity index is 536. The van der Waals surface area contributed by atoms with Crippen LogP contribution in [0.2, 0.25) is 0 Å². The lowest BCUT2D eigenvalue weighted by Crippen LogP contribution is -2.42. The van der Waals surface area contributed by atoms with Gasteiger partial charge in [0, 0.05) is 28.7 Å². The number of rotatable bonds is 4. The minimum Gasteiger partial charge on any atom is -0.336 e. The molecule has 0 saturated carbocycles. The lowest BCUT2D eigenvalue weighted by molar-refractivity contribution is -0.129. The molecule has 0 aliphatic carbocycles. The maximum absolute atomic E-state index is 12.2. The largest absolute Gasteiger partial charge is 0.336 e. The Morgan fingerprint density at radius 3 is 2.62 bits per heavy atom. The van der Waals surface area contributed by atoms with Gasteiger partial charge in [-0.2, -0.15) is 0 Å². The average molecular weight is 350 g/mol. The molecule has 4 heteroatoms. The fourth-order valence-electron chi connectivity index (χ4n) is 2.67. The zero-order valence-electron chi connectivity index (χ0n) is 12.2. The van der Waals surface area contributed by atoms with Crippen molar-refractivity contribution in [3.63, 3.8) is 0 Å². The SMILES string of the molecule is CCC1CCCCN1C(=O)/C=C/C(=O)c1ccc(Br)cc1. The summed E-state index contributed by atoms with van der Waals surface area (Å²) in [5.74, 6) is -0.187. The van der Waals surface area contributed by atoms with E-state index in [0.29, 0.717) is 11.6 Å². The molecular formula is C17H20BrNO2. The number of allylic oxidation sites excluding steroid dienone is 1. The summed E-state index contributed by atoms with van der Waals surface area (Å²) >= 11 is 3.33. The van der Waals surface area contributed by atoms with Crippen molar-refractivity contribution in [2.75, 3.05) is 6.54 Å². The number of carbonyl (C=O) groups excluding carboxylic acids is 2. The quantitative estimate of drug-likeness (QED) is 0.608. The van der Waals surface area contributed by atoms with Crippen molar-refractivity contribution in [1.29, 1.82) is 0 Å². The first-order chi connectivity index (χ1) is 10.1. The summed E-state index contributed by atoms with van der Waals surface area (Å²) in [6, 6.07) is 7.45. The van der Waals surface area contributed by atoms with Gasteiger partial charge in [0.05, 0.1) is 0 Å². The molecule has 21 heavy (non-hydrogen) atoms. The average Bonchev–Trinajstić information content (AvgIpc) is 2.52. The van der Waals surface area contributed by atoms with E-state index in [9.17, 15) is 9.59 Å². The first-order valence-corrected chi connectivity index (χ1v) is 8.19. The molecule has 1 aromatic carbocycles. The van der Waals surface area contributed by atoms with Crippen molar-refractivity contribution in [1.82, 2.24) is 4.90 Å². The first kappa shape index (κ1) is 16.0. The van der Waals surface area contributed by atoms with Crippen LogP contribution in [0.5, 0.6) is 0 Å². The van der Waals surface area contributed by atoms with Gasteiger partial charge in [0.2, 0.25) is 5.91 Å². The van der Waals surface area contributed by atoms with Crippen molar-refractivity contribution in [3.05, 3.63) is 46.5 Å². The maximum atomic E-state index is 12.2. The molecule has 1 saturated heterocycles. The normalized spacial score (nSPS) is 19.0. The number of halogens is 1. The first-order valence-electron chi connectivity index (χ1n) is 7.40. The number of ketones is 1. The Labute approximate surface area is 134 Å². The van der Waals surface area contributed by atoms with E-state index in [2.05, 4.69) is 22.9 Å². The molecular weight excluding hydrogens is 330 g/mol. The third-order valence-electron chi connectivity index (χ3n) is 3.89. The van der Waals surface area contributed by atoms with Crippen LogP contribution in [-0.2, 0) is 4.79 Å². The van der Waals surface area contributed by atoms with Crippen LogP contribution in [0.4, 0.5) is 0 Å². The fraction of sp³-hybridized carbons (Fsp3) is 0.412. The van der Waals surface area contributed by atoms with Crippen LogP contribution < -0.4 is 0 Å². The molecule has 3 nitrogen and oxygen atoms in total. The van der Waals surface area contributed by atoms with Crippen molar-refractivity contribution in [2.24, 2.45) is 0 Å². The molecule has 0 aromatic heterocycles. The van der Waals surface area contributed by atoms with Gasteiger partial charge in [-0.15, -0.1) is 0 Å². The number of piperidine rings is 1. The van der Waals surface area contributed by atoms with E-state index in [1.165, 1.54) is 18.6 Å². The van der Waals surface area contributed by atoms with Gasteiger partial charge in [-0.05, 0) is 56.0 Å². The summed E-state index contributed by atoms with van der Waals surface area (Å²) in [7, 11) is 0. The second kappa shape index (κ2) is 7.55. The van der Waals surface area contributed by atoms with Crippen LogP contribution in [-0.4, -0.2) is 29.2 Å². The van der Waals surface area contributed by atoms with E-state index in [1.807, 2.05) is 17.0 Å². The van der Waals surface area contributed by atoms with Crippen LogP contribution in [0, 0.1) is 0 Å². The number of benzene rings is 1. The van der Waals surface area contributed by atoms with Gasteiger partial charge in [-0.25, -0.2) is 0 Å². The molecule has 1 aliphatic rings. The zero-order chi connectivity index (χ0) is 15.2. The molecule has 0 radical (unpaired) electrons. The number of carbonyl (C=O) groups is 2. The Morgan fingerprint density at radius 2 is 1.95 bits per heavy atom. The monoisotopic (exact) mass is 349 g/mol. The van der Waals surface area contributed by atoms with Gasteiger partial charge in [-0.1, -0.05) is 22.9 Å². The second-order valence-electron chi connectivity index (χ2n) is 5.29. The molecule has 1 unspecified atom stereocenters. The molecule has 1 heterocycles. The summed E-state index contributed by atoms with van der Waals surface area (Å²) in [6.45, 7) is 2.90. The van der Waals surface area contributed by atoms with Gasteiger partial charge < -0.3 is 4.90 Å². The van der Waals surface area contributed by atoms with E-state index in [4.69, 9.17) is 0 Å².